The van der Waals surface area contributed by atoms with Gasteiger partial charge in [-0.15, -0.1) is 0 Å². The Morgan fingerprint density at radius 1 is 0.667 bits per heavy atom. The number of unbranched alkanes of at least 4 members (excludes halogenated alkanes) is 15. The van der Waals surface area contributed by atoms with Crippen molar-refractivity contribution in [3.63, 3.8) is 0 Å². The number of allylic oxidation sites excluding steroid dienone is 2. The molecular weight excluding hydrogens is 412 g/mol. The first-order valence-corrected chi connectivity index (χ1v) is 13.7. The Bertz CT molecular complexity index is 511. The first-order chi connectivity index (χ1) is 16.2. The van der Waals surface area contributed by atoms with E-state index in [2.05, 4.69) is 17.6 Å². The number of aliphatic hydroxyl groups excluding tert-OH is 1. The first kappa shape index (κ1) is 29.4. The molecule has 0 aromatic carbocycles. The number of hydrogen-bond acceptors (Lipinski definition) is 3. The average Bonchev–Trinajstić information content (AvgIpc) is 3.52. The standard InChI is InChI=1S/C28H50N2O3/c1-2-3-4-5-6-7-9-12-15-18-21-27(32)29-25-24-26(25)30-28(33)22-19-16-13-10-8-11-14-17-20-23-31/h18-19,21-22,25-26,31H,2-17,20,23-24H2,1H3,(H,29,32)(H,30,33). The smallest absolute Gasteiger partial charge is 0.243 e. The predicted molar refractivity (Wildman–Crippen MR) is 138 cm³/mol. The van der Waals surface area contributed by atoms with Crippen LogP contribution in [0.1, 0.15) is 122 Å². The van der Waals surface area contributed by atoms with Crippen LogP contribution in [0.25, 0.3) is 0 Å². The Balaban J connectivity index is 1.95. The zero-order valence-corrected chi connectivity index (χ0v) is 21.2. The summed E-state index contributed by atoms with van der Waals surface area (Å²) in [6.45, 7) is 2.55. The van der Waals surface area contributed by atoms with E-state index in [9.17, 15) is 9.59 Å². The van der Waals surface area contributed by atoms with Gasteiger partial charge in [0, 0.05) is 6.61 Å². The van der Waals surface area contributed by atoms with Crippen molar-refractivity contribution in [3.05, 3.63) is 24.3 Å². The Morgan fingerprint density at radius 2 is 1.06 bits per heavy atom. The topological polar surface area (TPSA) is 78.4 Å². The molecule has 0 aromatic rings. The minimum Gasteiger partial charge on any atom is -0.396 e. The molecule has 2 atom stereocenters. The molecule has 0 heterocycles. The SMILES string of the molecule is CCCCCCCCCCC=CC(=O)NC1CC1NC(=O)C=CCCCCCCCCCO. The number of carbonyl (C=O) groups is 2. The van der Waals surface area contributed by atoms with Gasteiger partial charge in [-0.05, 0) is 50.7 Å². The molecule has 2 amide bonds. The Morgan fingerprint density at radius 3 is 1.48 bits per heavy atom. The maximum absolute atomic E-state index is 12.0. The third-order valence-corrected chi connectivity index (χ3v) is 6.24. The molecule has 5 nitrogen and oxygen atoms in total. The molecule has 1 fully saturated rings. The van der Waals surface area contributed by atoms with Crippen molar-refractivity contribution in [2.24, 2.45) is 0 Å². The lowest BCUT2D eigenvalue weighted by Gasteiger charge is -2.03. The highest BCUT2D eigenvalue weighted by molar-refractivity contribution is 5.89. The van der Waals surface area contributed by atoms with E-state index in [0.717, 1.165) is 44.9 Å². The molecule has 5 heteroatoms. The van der Waals surface area contributed by atoms with Gasteiger partial charge in [0.1, 0.15) is 0 Å². The van der Waals surface area contributed by atoms with Gasteiger partial charge in [0.15, 0.2) is 0 Å². The van der Waals surface area contributed by atoms with Crippen molar-refractivity contribution in [1.29, 1.82) is 0 Å². The number of carbonyl (C=O) groups excluding carboxylic acids is 2. The molecule has 3 N–H and O–H groups in total. The molecular formula is C28H50N2O3. The monoisotopic (exact) mass is 462 g/mol. The third-order valence-electron chi connectivity index (χ3n) is 6.24. The first-order valence-electron chi connectivity index (χ1n) is 13.7. The molecule has 190 valence electrons. The highest BCUT2D eigenvalue weighted by Gasteiger charge is 2.38. The summed E-state index contributed by atoms with van der Waals surface area (Å²) in [7, 11) is 0. The molecule has 0 bridgehead atoms. The maximum Gasteiger partial charge on any atom is 0.243 e. The summed E-state index contributed by atoms with van der Waals surface area (Å²) in [5, 5.41) is 14.7. The van der Waals surface area contributed by atoms with Crippen LogP contribution < -0.4 is 10.6 Å². The Kier molecular flexibility index (Phi) is 18.7. The van der Waals surface area contributed by atoms with Gasteiger partial charge in [0.05, 0.1) is 12.1 Å². The van der Waals surface area contributed by atoms with E-state index in [-0.39, 0.29) is 23.9 Å². The molecule has 1 aliphatic carbocycles. The Hall–Kier alpha value is -1.62. The molecule has 0 saturated heterocycles. The van der Waals surface area contributed by atoms with E-state index in [4.69, 9.17) is 5.11 Å². The van der Waals surface area contributed by atoms with Crippen molar-refractivity contribution in [2.45, 2.75) is 135 Å². The molecule has 1 saturated carbocycles. The largest absolute Gasteiger partial charge is 0.396 e. The second kappa shape index (κ2) is 20.9. The summed E-state index contributed by atoms with van der Waals surface area (Å²) < 4.78 is 0. The van der Waals surface area contributed by atoms with Crippen LogP contribution in [-0.4, -0.2) is 35.6 Å². The van der Waals surface area contributed by atoms with E-state index >= 15 is 0 Å². The second-order valence-corrected chi connectivity index (χ2v) is 9.52. The van der Waals surface area contributed by atoms with Gasteiger partial charge >= 0.3 is 0 Å². The highest BCUT2D eigenvalue weighted by Crippen LogP contribution is 2.21. The van der Waals surface area contributed by atoms with E-state index in [1.165, 1.54) is 70.6 Å². The Labute approximate surface area is 202 Å². The summed E-state index contributed by atoms with van der Waals surface area (Å²) in [6, 6.07) is 0.125. The van der Waals surface area contributed by atoms with Crippen LogP contribution in [0.3, 0.4) is 0 Å². The summed E-state index contributed by atoms with van der Waals surface area (Å²) in [5.74, 6) is -0.116. The molecule has 33 heavy (non-hydrogen) atoms. The fourth-order valence-corrected chi connectivity index (χ4v) is 4.01. The molecule has 1 aliphatic rings. The summed E-state index contributed by atoms with van der Waals surface area (Å²) >= 11 is 0. The molecule has 0 aliphatic heterocycles. The number of rotatable bonds is 22. The number of nitrogens with one attached hydrogen (secondary N) is 2. The number of aliphatic hydroxyl groups is 1. The molecule has 1 rings (SSSR count). The van der Waals surface area contributed by atoms with Crippen LogP contribution in [0.5, 0.6) is 0 Å². The summed E-state index contributed by atoms with van der Waals surface area (Å²) in [6.07, 6.45) is 28.3. The van der Waals surface area contributed by atoms with Crippen molar-refractivity contribution in [1.82, 2.24) is 10.6 Å². The van der Waals surface area contributed by atoms with Crippen molar-refractivity contribution in [3.8, 4) is 0 Å². The average molecular weight is 463 g/mol. The highest BCUT2D eigenvalue weighted by atomic mass is 16.3. The van der Waals surface area contributed by atoms with Gasteiger partial charge in [-0.1, -0.05) is 96.1 Å². The van der Waals surface area contributed by atoms with Crippen molar-refractivity contribution in [2.75, 3.05) is 6.61 Å². The van der Waals surface area contributed by atoms with Gasteiger partial charge in [-0.25, -0.2) is 0 Å². The lowest BCUT2D eigenvalue weighted by atomic mass is 10.1. The van der Waals surface area contributed by atoms with E-state index in [0.29, 0.717) is 6.61 Å². The molecule has 2 unspecified atom stereocenters. The minimum atomic E-state index is -0.0639. The van der Waals surface area contributed by atoms with Gasteiger partial charge < -0.3 is 15.7 Å². The maximum atomic E-state index is 12.0. The van der Waals surface area contributed by atoms with E-state index in [1.54, 1.807) is 12.2 Å². The molecule has 0 radical (unpaired) electrons. The zero-order valence-electron chi connectivity index (χ0n) is 21.2. The van der Waals surface area contributed by atoms with Gasteiger partial charge in [-0.2, -0.15) is 0 Å². The van der Waals surface area contributed by atoms with E-state index < -0.39 is 0 Å². The number of hydrogen-bond donors (Lipinski definition) is 3. The molecule has 0 aromatic heterocycles. The van der Waals surface area contributed by atoms with Gasteiger partial charge in [0.25, 0.3) is 0 Å². The van der Waals surface area contributed by atoms with Crippen LogP contribution in [0.4, 0.5) is 0 Å². The van der Waals surface area contributed by atoms with Crippen LogP contribution >= 0.6 is 0 Å². The summed E-state index contributed by atoms with van der Waals surface area (Å²) in [5.41, 5.74) is 0. The van der Waals surface area contributed by atoms with Crippen LogP contribution in [0.15, 0.2) is 24.3 Å². The van der Waals surface area contributed by atoms with Crippen molar-refractivity contribution < 1.29 is 14.7 Å². The molecule has 0 spiro atoms. The van der Waals surface area contributed by atoms with E-state index in [1.807, 2.05) is 12.2 Å². The fraction of sp³-hybridized carbons (Fsp3) is 0.786. The third kappa shape index (κ3) is 18.5. The predicted octanol–water partition coefficient (Wildman–Crippen LogP) is 6.12. The normalized spacial score (nSPS) is 17.6. The van der Waals surface area contributed by atoms with Crippen LogP contribution in [-0.2, 0) is 9.59 Å². The zero-order chi connectivity index (χ0) is 24.0. The second-order valence-electron chi connectivity index (χ2n) is 9.52. The number of amides is 2. The minimum absolute atomic E-state index is 0.0526. The lowest BCUT2D eigenvalue weighted by molar-refractivity contribution is -0.118. The fourth-order valence-electron chi connectivity index (χ4n) is 4.01. The summed E-state index contributed by atoms with van der Waals surface area (Å²) in [4.78, 5) is 24.0. The van der Waals surface area contributed by atoms with Gasteiger partial charge in [-0.3, -0.25) is 9.59 Å². The van der Waals surface area contributed by atoms with Crippen molar-refractivity contribution >= 4 is 11.8 Å². The van der Waals surface area contributed by atoms with Crippen LogP contribution in [0.2, 0.25) is 0 Å². The van der Waals surface area contributed by atoms with Gasteiger partial charge in [0.2, 0.25) is 11.8 Å². The quantitative estimate of drug-likeness (QED) is 0.134. The van der Waals surface area contributed by atoms with Crippen LogP contribution in [0, 0.1) is 0 Å². The lowest BCUT2D eigenvalue weighted by Crippen LogP contribution is -2.33.